The van der Waals surface area contributed by atoms with Gasteiger partial charge in [0.15, 0.2) is 0 Å². The summed E-state index contributed by atoms with van der Waals surface area (Å²) in [5.74, 6) is 1.48. The van der Waals surface area contributed by atoms with Gasteiger partial charge in [0.25, 0.3) is 5.91 Å². The standard InChI is InChI=1S/C15H24N4O/c1-16-14-4-3-13(11-18-14)15(20)17-8-5-12-6-9-19(2)10-7-12/h3-4,11-12H,5-10H2,1-2H3,(H,16,18)(H,17,20). The Morgan fingerprint density at radius 1 is 1.40 bits per heavy atom. The predicted molar refractivity (Wildman–Crippen MR) is 81.0 cm³/mol. The predicted octanol–water partition coefficient (Wildman–Crippen LogP) is 1.58. The fourth-order valence-electron chi connectivity index (χ4n) is 2.52. The quantitative estimate of drug-likeness (QED) is 0.857. The molecular formula is C15H24N4O. The summed E-state index contributed by atoms with van der Waals surface area (Å²) in [6.45, 7) is 3.10. The molecule has 0 aliphatic carbocycles. The average molecular weight is 276 g/mol. The maximum Gasteiger partial charge on any atom is 0.252 e. The molecule has 1 fully saturated rings. The van der Waals surface area contributed by atoms with Gasteiger partial charge in [0.05, 0.1) is 5.56 Å². The Kier molecular flexibility index (Phi) is 5.35. The number of aromatic nitrogens is 1. The molecule has 110 valence electrons. The first-order valence-corrected chi connectivity index (χ1v) is 7.29. The van der Waals surface area contributed by atoms with Crippen molar-refractivity contribution in [2.75, 3.05) is 39.0 Å². The summed E-state index contributed by atoms with van der Waals surface area (Å²) in [6, 6.07) is 3.61. The summed E-state index contributed by atoms with van der Waals surface area (Å²) in [5.41, 5.74) is 0.618. The smallest absolute Gasteiger partial charge is 0.252 e. The first-order valence-electron chi connectivity index (χ1n) is 7.29. The van der Waals surface area contributed by atoms with E-state index in [0.29, 0.717) is 5.56 Å². The second-order valence-electron chi connectivity index (χ2n) is 5.47. The van der Waals surface area contributed by atoms with Crippen molar-refractivity contribution in [1.82, 2.24) is 15.2 Å². The highest BCUT2D eigenvalue weighted by atomic mass is 16.1. The van der Waals surface area contributed by atoms with Gasteiger partial charge in [-0.2, -0.15) is 0 Å². The van der Waals surface area contributed by atoms with Gasteiger partial charge in [-0.15, -0.1) is 0 Å². The first kappa shape index (κ1) is 14.8. The normalized spacial score (nSPS) is 16.9. The number of hydrogen-bond acceptors (Lipinski definition) is 4. The third-order valence-electron chi connectivity index (χ3n) is 3.96. The van der Waals surface area contributed by atoms with Gasteiger partial charge in [-0.25, -0.2) is 4.98 Å². The van der Waals surface area contributed by atoms with E-state index in [4.69, 9.17) is 0 Å². The second kappa shape index (κ2) is 7.24. The Morgan fingerprint density at radius 3 is 2.75 bits per heavy atom. The van der Waals surface area contributed by atoms with Crippen LogP contribution in [-0.2, 0) is 0 Å². The zero-order valence-corrected chi connectivity index (χ0v) is 12.4. The van der Waals surface area contributed by atoms with Crippen LogP contribution in [0.5, 0.6) is 0 Å². The highest BCUT2D eigenvalue weighted by Crippen LogP contribution is 2.18. The third kappa shape index (κ3) is 4.20. The molecule has 0 radical (unpaired) electrons. The summed E-state index contributed by atoms with van der Waals surface area (Å²) < 4.78 is 0. The van der Waals surface area contributed by atoms with E-state index in [1.807, 2.05) is 13.1 Å². The van der Waals surface area contributed by atoms with E-state index in [1.165, 1.54) is 25.9 Å². The third-order valence-corrected chi connectivity index (χ3v) is 3.96. The molecule has 0 bridgehead atoms. The van der Waals surface area contributed by atoms with E-state index in [9.17, 15) is 4.79 Å². The van der Waals surface area contributed by atoms with Gasteiger partial charge in [-0.3, -0.25) is 4.79 Å². The molecule has 0 aromatic carbocycles. The minimum Gasteiger partial charge on any atom is -0.373 e. The lowest BCUT2D eigenvalue weighted by Gasteiger charge is -2.28. The van der Waals surface area contributed by atoms with Crippen LogP contribution in [0.25, 0.3) is 0 Å². The molecule has 5 heteroatoms. The summed E-state index contributed by atoms with van der Waals surface area (Å²) in [4.78, 5) is 18.5. The molecule has 1 aliphatic heterocycles. The van der Waals surface area contributed by atoms with E-state index in [-0.39, 0.29) is 5.91 Å². The van der Waals surface area contributed by atoms with Gasteiger partial charge in [0.1, 0.15) is 5.82 Å². The van der Waals surface area contributed by atoms with Crippen molar-refractivity contribution in [2.24, 2.45) is 5.92 Å². The van der Waals surface area contributed by atoms with Gasteiger partial charge >= 0.3 is 0 Å². The number of rotatable bonds is 5. The van der Waals surface area contributed by atoms with Crippen LogP contribution in [0, 0.1) is 5.92 Å². The monoisotopic (exact) mass is 276 g/mol. The fraction of sp³-hybridized carbons (Fsp3) is 0.600. The summed E-state index contributed by atoms with van der Waals surface area (Å²) >= 11 is 0. The molecule has 0 spiro atoms. The van der Waals surface area contributed by atoms with Crippen LogP contribution in [0.2, 0.25) is 0 Å². The fourth-order valence-corrected chi connectivity index (χ4v) is 2.52. The van der Waals surface area contributed by atoms with Crippen molar-refractivity contribution < 1.29 is 4.79 Å². The Morgan fingerprint density at radius 2 is 2.15 bits per heavy atom. The van der Waals surface area contributed by atoms with Crippen LogP contribution >= 0.6 is 0 Å². The maximum absolute atomic E-state index is 12.0. The molecule has 0 unspecified atom stereocenters. The Hall–Kier alpha value is -1.62. The van der Waals surface area contributed by atoms with E-state index in [1.54, 1.807) is 12.3 Å². The molecule has 1 amide bonds. The average Bonchev–Trinajstić information content (AvgIpc) is 2.49. The molecule has 0 saturated carbocycles. The van der Waals surface area contributed by atoms with Crippen molar-refractivity contribution >= 4 is 11.7 Å². The second-order valence-corrected chi connectivity index (χ2v) is 5.47. The van der Waals surface area contributed by atoms with Crippen LogP contribution in [0.3, 0.4) is 0 Å². The Bertz CT molecular complexity index is 424. The number of likely N-dealkylation sites (tertiary alicyclic amines) is 1. The van der Waals surface area contributed by atoms with E-state index in [0.717, 1.165) is 24.7 Å². The largest absolute Gasteiger partial charge is 0.373 e. The van der Waals surface area contributed by atoms with Gasteiger partial charge in [0, 0.05) is 19.8 Å². The molecule has 1 aliphatic rings. The first-order chi connectivity index (χ1) is 9.69. The number of amides is 1. The highest BCUT2D eigenvalue weighted by Gasteiger charge is 2.16. The molecule has 2 N–H and O–H groups in total. The minimum atomic E-state index is -0.0342. The Balaban J connectivity index is 1.71. The number of carbonyl (C=O) groups excluding carboxylic acids is 1. The molecule has 20 heavy (non-hydrogen) atoms. The lowest BCUT2D eigenvalue weighted by Crippen LogP contribution is -2.32. The minimum absolute atomic E-state index is 0.0342. The van der Waals surface area contributed by atoms with Gasteiger partial charge in [0.2, 0.25) is 0 Å². The number of hydrogen-bond donors (Lipinski definition) is 2. The number of anilines is 1. The SMILES string of the molecule is CNc1ccc(C(=O)NCCC2CCN(C)CC2)cn1. The van der Waals surface area contributed by atoms with Crippen LogP contribution in [-0.4, -0.2) is 49.5 Å². The number of carbonyl (C=O) groups is 1. The van der Waals surface area contributed by atoms with Crippen molar-refractivity contribution in [1.29, 1.82) is 0 Å². The number of piperidine rings is 1. The van der Waals surface area contributed by atoms with Crippen molar-refractivity contribution in [3.63, 3.8) is 0 Å². The van der Waals surface area contributed by atoms with Gasteiger partial charge in [-0.05, 0) is 57.5 Å². The highest BCUT2D eigenvalue weighted by molar-refractivity contribution is 5.93. The lowest BCUT2D eigenvalue weighted by atomic mass is 9.94. The summed E-state index contributed by atoms with van der Waals surface area (Å²) in [6.07, 6.45) is 5.16. The van der Waals surface area contributed by atoms with Crippen LogP contribution < -0.4 is 10.6 Å². The zero-order valence-electron chi connectivity index (χ0n) is 12.4. The molecule has 1 aromatic rings. The van der Waals surface area contributed by atoms with Crippen LogP contribution in [0.4, 0.5) is 5.82 Å². The molecule has 2 heterocycles. The molecule has 0 atom stereocenters. The van der Waals surface area contributed by atoms with Crippen molar-refractivity contribution in [3.8, 4) is 0 Å². The van der Waals surface area contributed by atoms with E-state index >= 15 is 0 Å². The molecule has 1 aromatic heterocycles. The van der Waals surface area contributed by atoms with Gasteiger partial charge in [-0.1, -0.05) is 0 Å². The molecule has 2 rings (SSSR count). The van der Waals surface area contributed by atoms with E-state index in [2.05, 4.69) is 27.6 Å². The maximum atomic E-state index is 12.0. The van der Waals surface area contributed by atoms with Crippen LogP contribution in [0.15, 0.2) is 18.3 Å². The lowest BCUT2D eigenvalue weighted by molar-refractivity contribution is 0.0948. The Labute approximate surface area is 120 Å². The number of pyridine rings is 1. The van der Waals surface area contributed by atoms with E-state index < -0.39 is 0 Å². The van der Waals surface area contributed by atoms with Crippen molar-refractivity contribution in [2.45, 2.75) is 19.3 Å². The molecular weight excluding hydrogens is 252 g/mol. The summed E-state index contributed by atoms with van der Waals surface area (Å²) in [7, 11) is 3.98. The summed E-state index contributed by atoms with van der Waals surface area (Å²) in [5, 5.41) is 5.92. The van der Waals surface area contributed by atoms with Crippen LogP contribution in [0.1, 0.15) is 29.6 Å². The molecule has 5 nitrogen and oxygen atoms in total. The topological polar surface area (TPSA) is 57.3 Å². The van der Waals surface area contributed by atoms with Gasteiger partial charge < -0.3 is 15.5 Å². The number of nitrogens with zero attached hydrogens (tertiary/aromatic N) is 2. The number of nitrogens with one attached hydrogen (secondary N) is 2. The zero-order chi connectivity index (χ0) is 14.4. The molecule has 1 saturated heterocycles. The van der Waals surface area contributed by atoms with Crippen molar-refractivity contribution in [3.05, 3.63) is 23.9 Å².